The lowest BCUT2D eigenvalue weighted by Crippen LogP contribution is -2.25. The first-order valence-electron chi connectivity index (χ1n) is 5.83. The first-order chi connectivity index (χ1) is 8.65. The Morgan fingerprint density at radius 3 is 2.89 bits per heavy atom. The third-order valence-electron chi connectivity index (χ3n) is 2.60. The Morgan fingerprint density at radius 1 is 1.39 bits per heavy atom. The van der Waals surface area contributed by atoms with E-state index in [0.29, 0.717) is 24.2 Å². The maximum Gasteiger partial charge on any atom is 0.251 e. The molecule has 1 amide bonds. The third-order valence-corrected chi connectivity index (χ3v) is 2.60. The molecule has 2 aromatic rings. The highest BCUT2D eigenvalue weighted by Crippen LogP contribution is 2.11. The number of hydrogen-bond acceptors (Lipinski definition) is 3. The van der Waals surface area contributed by atoms with Crippen molar-refractivity contribution in [2.45, 2.75) is 13.3 Å². The fourth-order valence-electron chi connectivity index (χ4n) is 1.80. The van der Waals surface area contributed by atoms with Gasteiger partial charge in [0.25, 0.3) is 5.91 Å². The monoisotopic (exact) mass is 244 g/mol. The van der Waals surface area contributed by atoms with Gasteiger partial charge in [-0.25, -0.2) is 0 Å². The predicted molar refractivity (Wildman–Crippen MR) is 70.3 cm³/mol. The maximum absolute atomic E-state index is 11.9. The normalized spacial score (nSPS) is 10.3. The number of anilines is 1. The zero-order valence-corrected chi connectivity index (χ0v) is 10.3. The van der Waals surface area contributed by atoms with E-state index in [4.69, 9.17) is 10.2 Å². The highest BCUT2D eigenvalue weighted by atomic mass is 16.3. The van der Waals surface area contributed by atoms with Crippen LogP contribution in [0, 0.1) is 6.92 Å². The van der Waals surface area contributed by atoms with Gasteiger partial charge in [0.05, 0.1) is 6.26 Å². The minimum Gasteiger partial charge on any atom is -0.469 e. The fourth-order valence-corrected chi connectivity index (χ4v) is 1.80. The molecular weight excluding hydrogens is 228 g/mol. The zero-order valence-electron chi connectivity index (χ0n) is 10.3. The van der Waals surface area contributed by atoms with Crippen LogP contribution in [0.25, 0.3) is 0 Å². The van der Waals surface area contributed by atoms with Gasteiger partial charge in [-0.2, -0.15) is 0 Å². The van der Waals surface area contributed by atoms with Crippen LogP contribution >= 0.6 is 0 Å². The molecule has 4 heteroatoms. The molecule has 18 heavy (non-hydrogen) atoms. The molecule has 0 aliphatic carbocycles. The van der Waals surface area contributed by atoms with Crippen LogP contribution in [-0.2, 0) is 6.42 Å². The second-order valence-electron chi connectivity index (χ2n) is 4.22. The first kappa shape index (κ1) is 12.2. The van der Waals surface area contributed by atoms with Crippen LogP contribution in [0.2, 0.25) is 0 Å². The summed E-state index contributed by atoms with van der Waals surface area (Å²) in [5.74, 6) is 0.746. The molecule has 1 aromatic carbocycles. The zero-order chi connectivity index (χ0) is 13.0. The van der Waals surface area contributed by atoms with Crippen LogP contribution in [-0.4, -0.2) is 12.5 Å². The van der Waals surface area contributed by atoms with Gasteiger partial charge in [0, 0.05) is 24.2 Å². The molecule has 1 heterocycles. The van der Waals surface area contributed by atoms with Crippen LogP contribution in [0.5, 0.6) is 0 Å². The summed E-state index contributed by atoms with van der Waals surface area (Å²) in [5, 5.41) is 2.84. The van der Waals surface area contributed by atoms with E-state index >= 15 is 0 Å². The predicted octanol–water partition coefficient (Wildman–Crippen LogP) is 2.14. The quantitative estimate of drug-likeness (QED) is 0.810. The van der Waals surface area contributed by atoms with Gasteiger partial charge in [-0.15, -0.1) is 0 Å². The number of furan rings is 1. The molecule has 0 saturated heterocycles. The van der Waals surface area contributed by atoms with Crippen molar-refractivity contribution in [2.75, 3.05) is 12.3 Å². The van der Waals surface area contributed by atoms with Crippen molar-refractivity contribution in [1.29, 1.82) is 0 Å². The number of carbonyl (C=O) groups is 1. The van der Waals surface area contributed by atoms with Crippen molar-refractivity contribution < 1.29 is 9.21 Å². The van der Waals surface area contributed by atoms with Crippen molar-refractivity contribution in [2.24, 2.45) is 0 Å². The molecule has 0 unspecified atom stereocenters. The maximum atomic E-state index is 11.9. The molecule has 0 radical (unpaired) electrons. The second-order valence-corrected chi connectivity index (χ2v) is 4.22. The average molecular weight is 244 g/mol. The molecule has 4 nitrogen and oxygen atoms in total. The molecule has 0 aliphatic rings. The number of nitrogens with two attached hydrogens (primary N) is 1. The summed E-state index contributed by atoms with van der Waals surface area (Å²) in [5.41, 5.74) is 7.88. The molecule has 0 saturated carbocycles. The van der Waals surface area contributed by atoms with Crippen LogP contribution in [0.3, 0.4) is 0 Å². The summed E-state index contributed by atoms with van der Waals surface area (Å²) >= 11 is 0. The van der Waals surface area contributed by atoms with Crippen LogP contribution in [0.15, 0.2) is 41.0 Å². The molecule has 1 aromatic heterocycles. The van der Waals surface area contributed by atoms with Crippen molar-refractivity contribution in [3.8, 4) is 0 Å². The summed E-state index contributed by atoms with van der Waals surface area (Å²) < 4.78 is 5.19. The Balaban J connectivity index is 1.91. The molecule has 0 spiro atoms. The number of nitrogen functional groups attached to an aromatic ring is 1. The van der Waals surface area contributed by atoms with Gasteiger partial charge in [0.1, 0.15) is 5.76 Å². The van der Waals surface area contributed by atoms with Crippen molar-refractivity contribution in [1.82, 2.24) is 5.32 Å². The Morgan fingerprint density at radius 2 is 2.22 bits per heavy atom. The van der Waals surface area contributed by atoms with E-state index in [2.05, 4.69) is 5.32 Å². The standard InChI is InChI=1S/C14H16N2O2/c1-10-7-11(9-12(15)8-10)14(17)16-5-4-13-3-2-6-18-13/h2-3,6-9H,4-5,15H2,1H3,(H,16,17). The van der Waals surface area contributed by atoms with Gasteiger partial charge in [-0.3, -0.25) is 4.79 Å². The smallest absolute Gasteiger partial charge is 0.251 e. The number of nitrogens with one attached hydrogen (secondary N) is 1. The number of amides is 1. The van der Waals surface area contributed by atoms with E-state index in [9.17, 15) is 4.79 Å². The second kappa shape index (κ2) is 5.40. The summed E-state index contributed by atoms with van der Waals surface area (Å²) in [6, 6.07) is 9.04. The van der Waals surface area contributed by atoms with Crippen molar-refractivity contribution in [3.05, 3.63) is 53.5 Å². The summed E-state index contributed by atoms with van der Waals surface area (Å²) in [6.07, 6.45) is 2.30. The molecule has 0 fully saturated rings. The van der Waals surface area contributed by atoms with Crippen LogP contribution in [0.1, 0.15) is 21.7 Å². The van der Waals surface area contributed by atoms with E-state index in [1.165, 1.54) is 0 Å². The average Bonchev–Trinajstić information content (AvgIpc) is 2.80. The molecule has 94 valence electrons. The Bertz CT molecular complexity index is 512. The van der Waals surface area contributed by atoms with Gasteiger partial charge in [0.2, 0.25) is 0 Å². The SMILES string of the molecule is Cc1cc(N)cc(C(=O)NCCc2ccco2)c1. The van der Waals surface area contributed by atoms with Gasteiger partial charge in [0.15, 0.2) is 0 Å². The van der Waals surface area contributed by atoms with Gasteiger partial charge < -0.3 is 15.5 Å². The highest BCUT2D eigenvalue weighted by molar-refractivity contribution is 5.95. The molecule has 3 N–H and O–H groups in total. The lowest BCUT2D eigenvalue weighted by Gasteiger charge is -2.06. The number of benzene rings is 1. The number of hydrogen-bond donors (Lipinski definition) is 2. The molecular formula is C14H16N2O2. The summed E-state index contributed by atoms with van der Waals surface area (Å²) in [7, 11) is 0. The van der Waals surface area contributed by atoms with Gasteiger partial charge in [-0.1, -0.05) is 0 Å². The minimum absolute atomic E-state index is 0.114. The lowest BCUT2D eigenvalue weighted by molar-refractivity contribution is 0.0953. The van der Waals surface area contributed by atoms with Crippen molar-refractivity contribution >= 4 is 11.6 Å². The van der Waals surface area contributed by atoms with Crippen LogP contribution < -0.4 is 11.1 Å². The van der Waals surface area contributed by atoms with Gasteiger partial charge >= 0.3 is 0 Å². The number of carbonyl (C=O) groups excluding carboxylic acids is 1. The Hall–Kier alpha value is -2.23. The molecule has 0 bridgehead atoms. The minimum atomic E-state index is -0.114. The molecule has 0 atom stereocenters. The molecule has 0 aliphatic heterocycles. The summed E-state index contributed by atoms with van der Waals surface area (Å²) in [6.45, 7) is 2.45. The van der Waals surface area contributed by atoms with Crippen molar-refractivity contribution in [3.63, 3.8) is 0 Å². The van der Waals surface area contributed by atoms with E-state index < -0.39 is 0 Å². The number of rotatable bonds is 4. The third kappa shape index (κ3) is 3.13. The van der Waals surface area contributed by atoms with E-state index in [-0.39, 0.29) is 5.91 Å². The Labute approximate surface area is 106 Å². The fraction of sp³-hybridized carbons (Fsp3) is 0.214. The summed E-state index contributed by atoms with van der Waals surface area (Å²) in [4.78, 5) is 11.9. The van der Waals surface area contributed by atoms with Gasteiger partial charge in [-0.05, 0) is 42.8 Å². The lowest BCUT2D eigenvalue weighted by atomic mass is 10.1. The molecule has 2 rings (SSSR count). The van der Waals surface area contributed by atoms with E-state index in [1.807, 2.05) is 31.2 Å². The van der Waals surface area contributed by atoms with E-state index in [1.54, 1.807) is 12.3 Å². The number of aryl methyl sites for hydroxylation is 1. The van der Waals surface area contributed by atoms with Crippen LogP contribution in [0.4, 0.5) is 5.69 Å². The van der Waals surface area contributed by atoms with E-state index in [0.717, 1.165) is 11.3 Å². The highest BCUT2D eigenvalue weighted by Gasteiger charge is 2.06. The first-order valence-corrected chi connectivity index (χ1v) is 5.83. The largest absolute Gasteiger partial charge is 0.469 e. The topological polar surface area (TPSA) is 68.3 Å². The Kier molecular flexibility index (Phi) is 3.67.